The van der Waals surface area contributed by atoms with Crippen LogP contribution in [0.3, 0.4) is 0 Å². The molecule has 1 atom stereocenters. The first kappa shape index (κ1) is 30.5. The van der Waals surface area contributed by atoms with E-state index in [1.165, 1.54) is 7.11 Å². The summed E-state index contributed by atoms with van der Waals surface area (Å²) in [6, 6.07) is 20.8. The van der Waals surface area contributed by atoms with Gasteiger partial charge in [0.1, 0.15) is 12.0 Å². The molecule has 2 amide bonds. The van der Waals surface area contributed by atoms with Crippen LogP contribution in [0.25, 0.3) is 11.1 Å². The van der Waals surface area contributed by atoms with Crippen LogP contribution in [0.15, 0.2) is 66.7 Å². The van der Waals surface area contributed by atoms with Gasteiger partial charge >= 0.3 is 176 Å². The molecular formula is C32H38IN3O5. The van der Waals surface area contributed by atoms with Gasteiger partial charge in [-0.05, 0) is 18.2 Å². The zero-order valence-electron chi connectivity index (χ0n) is 23.8. The molecule has 1 saturated heterocycles. The van der Waals surface area contributed by atoms with Crippen molar-refractivity contribution in [2.24, 2.45) is 0 Å². The molecule has 218 valence electrons. The molecule has 0 aliphatic carbocycles. The third-order valence-electron chi connectivity index (χ3n) is 6.99. The van der Waals surface area contributed by atoms with Crippen LogP contribution >= 0.6 is 20.1 Å². The second kappa shape index (κ2) is 15.0. The summed E-state index contributed by atoms with van der Waals surface area (Å²) >= 11 is -1.11. The molecule has 1 fully saturated rings. The first-order valence-corrected chi connectivity index (χ1v) is 19.0. The van der Waals surface area contributed by atoms with Crippen molar-refractivity contribution in [2.45, 2.75) is 38.2 Å². The third kappa shape index (κ3) is 8.77. The Morgan fingerprint density at radius 3 is 2.56 bits per heavy atom. The fourth-order valence-corrected chi connectivity index (χ4v) is 7.39. The summed E-state index contributed by atoms with van der Waals surface area (Å²) in [5.41, 5.74) is 4.61. The van der Waals surface area contributed by atoms with Crippen LogP contribution in [0, 0.1) is 0 Å². The number of alkyl halides is 2. The van der Waals surface area contributed by atoms with Crippen molar-refractivity contribution in [3.05, 3.63) is 77.9 Å². The van der Waals surface area contributed by atoms with Crippen molar-refractivity contribution < 1.29 is 23.9 Å². The Morgan fingerprint density at radius 1 is 1.02 bits per heavy atom. The van der Waals surface area contributed by atoms with Crippen molar-refractivity contribution in [1.82, 2.24) is 3.11 Å². The number of benzene rings is 3. The van der Waals surface area contributed by atoms with E-state index < -0.39 is 26.2 Å². The average molecular weight is 672 g/mol. The van der Waals surface area contributed by atoms with Crippen molar-refractivity contribution in [2.75, 3.05) is 40.7 Å². The van der Waals surface area contributed by atoms with Gasteiger partial charge in [0.25, 0.3) is 0 Å². The van der Waals surface area contributed by atoms with Crippen molar-refractivity contribution in [3.8, 4) is 16.9 Å². The molecule has 0 spiro atoms. The topological polar surface area (TPSA) is 97.0 Å². The number of anilines is 2. The Hall–Kier alpha value is -3.44. The van der Waals surface area contributed by atoms with Crippen LogP contribution in [0.1, 0.15) is 41.6 Å². The number of hydrogen-bond acceptors (Lipinski definition) is 6. The Labute approximate surface area is 249 Å². The number of aldehydes is 1. The summed E-state index contributed by atoms with van der Waals surface area (Å²) in [5, 5.41) is 5.87. The molecule has 2 N–H and O–H groups in total. The van der Waals surface area contributed by atoms with Crippen LogP contribution in [0.4, 0.5) is 16.2 Å². The minimum atomic E-state index is -1.11. The van der Waals surface area contributed by atoms with Crippen LogP contribution in [0.5, 0.6) is 5.75 Å². The number of carbonyl (C=O) groups is 3. The molecule has 0 saturated carbocycles. The SMILES string of the molecule is COc1cc(C=O)ccc1NC(=O)CCCc1ccc(-c2ccccc2)c(NC(=O)OC2CCCN(I(C)C)C2)c1. The second-order valence-corrected chi connectivity index (χ2v) is 15.6. The number of ether oxygens (including phenoxy) is 2. The molecule has 3 aromatic carbocycles. The molecule has 1 unspecified atom stereocenters. The normalized spacial score (nSPS) is 15.5. The second-order valence-electron chi connectivity index (χ2n) is 10.1. The molecule has 0 bridgehead atoms. The fraction of sp³-hybridized carbons (Fsp3) is 0.344. The number of carbonyl (C=O) groups excluding carboxylic acids is 3. The van der Waals surface area contributed by atoms with E-state index in [0.29, 0.717) is 42.0 Å². The van der Waals surface area contributed by atoms with Gasteiger partial charge in [0, 0.05) is 5.56 Å². The van der Waals surface area contributed by atoms with Gasteiger partial charge in [-0.3, -0.25) is 9.59 Å². The van der Waals surface area contributed by atoms with Crippen molar-refractivity contribution in [3.63, 3.8) is 0 Å². The summed E-state index contributed by atoms with van der Waals surface area (Å²) in [6.07, 6.45) is 3.71. The van der Waals surface area contributed by atoms with E-state index in [1.54, 1.807) is 18.2 Å². The number of methoxy groups -OCH3 is 1. The number of aryl methyl sites for hydroxylation is 1. The van der Waals surface area contributed by atoms with E-state index in [1.807, 2.05) is 48.5 Å². The van der Waals surface area contributed by atoms with Gasteiger partial charge < -0.3 is 10.1 Å². The molecule has 3 aromatic rings. The van der Waals surface area contributed by atoms with Crippen molar-refractivity contribution >= 4 is 49.8 Å². The van der Waals surface area contributed by atoms with Gasteiger partial charge in [-0.2, -0.15) is 0 Å². The fourth-order valence-electron chi connectivity index (χ4n) is 4.86. The van der Waals surface area contributed by atoms with Gasteiger partial charge in [-0.1, -0.05) is 0 Å². The number of nitrogens with zero attached hydrogens (tertiary/aromatic N) is 1. The Balaban J connectivity index is 1.40. The molecule has 1 aliphatic heterocycles. The molecule has 1 heterocycles. The minimum absolute atomic E-state index is 0.0985. The van der Waals surface area contributed by atoms with Crippen LogP contribution in [-0.4, -0.2) is 57.6 Å². The van der Waals surface area contributed by atoms with Gasteiger partial charge in [0.2, 0.25) is 5.91 Å². The third-order valence-corrected chi connectivity index (χ3v) is 10.6. The van der Waals surface area contributed by atoms with E-state index >= 15 is 0 Å². The average Bonchev–Trinajstić information content (AvgIpc) is 2.98. The van der Waals surface area contributed by atoms with Gasteiger partial charge in [-0.15, -0.1) is 0 Å². The molecule has 1 aliphatic rings. The van der Waals surface area contributed by atoms with Crippen molar-refractivity contribution in [1.29, 1.82) is 0 Å². The number of hydrogen-bond donors (Lipinski definition) is 2. The standard InChI is InChI=1S/C32H38IN3O5/c1-33(2)36-18-8-12-26(21-36)41-32(39)35-29-19-23(14-16-27(29)25-10-5-4-6-11-25)9-7-13-31(38)34-28-17-15-24(22-37)20-30(28)40-3/h4-6,10-11,14-17,19-20,22,26H,7-9,12-13,18,21H2,1-3H3,(H,34,38)(H,35,39). The summed E-state index contributed by atoms with van der Waals surface area (Å²) in [4.78, 5) is 41.3. The van der Waals surface area contributed by atoms with Gasteiger partial charge in [0.05, 0.1) is 12.8 Å². The predicted molar refractivity (Wildman–Crippen MR) is 172 cm³/mol. The molecule has 0 aromatic heterocycles. The van der Waals surface area contributed by atoms with E-state index in [-0.39, 0.29) is 12.0 Å². The molecule has 9 heteroatoms. The van der Waals surface area contributed by atoms with Crippen LogP contribution in [0.2, 0.25) is 0 Å². The Kier molecular flexibility index (Phi) is 11.1. The molecule has 41 heavy (non-hydrogen) atoms. The van der Waals surface area contributed by atoms with Crippen LogP contribution in [-0.2, 0) is 16.0 Å². The number of halogens is 1. The Morgan fingerprint density at radius 2 is 1.83 bits per heavy atom. The quantitative estimate of drug-likeness (QED) is 0.100. The predicted octanol–water partition coefficient (Wildman–Crippen LogP) is 6.83. The summed E-state index contributed by atoms with van der Waals surface area (Å²) in [6.45, 7) is 1.91. The number of rotatable bonds is 11. The summed E-state index contributed by atoms with van der Waals surface area (Å²) < 4.78 is 13.7. The van der Waals surface area contributed by atoms with E-state index in [2.05, 4.69) is 23.6 Å². The molecule has 8 nitrogen and oxygen atoms in total. The van der Waals surface area contributed by atoms with Crippen LogP contribution < -0.4 is 15.4 Å². The van der Waals surface area contributed by atoms with Gasteiger partial charge in [0.15, 0.2) is 0 Å². The molecular weight excluding hydrogens is 633 g/mol. The zero-order chi connectivity index (χ0) is 29.2. The molecule has 4 rings (SSSR count). The first-order chi connectivity index (χ1) is 19.9. The summed E-state index contributed by atoms with van der Waals surface area (Å²) in [5.74, 6) is 0.297. The van der Waals surface area contributed by atoms with Gasteiger partial charge in [-0.25, -0.2) is 0 Å². The monoisotopic (exact) mass is 671 g/mol. The van der Waals surface area contributed by atoms with E-state index in [4.69, 9.17) is 9.47 Å². The summed E-state index contributed by atoms with van der Waals surface area (Å²) in [7, 11) is 1.50. The number of amides is 2. The molecule has 0 radical (unpaired) electrons. The van der Waals surface area contributed by atoms with E-state index in [9.17, 15) is 14.4 Å². The maximum atomic E-state index is 13.0. The number of piperidine rings is 1. The Bertz CT molecular complexity index is 1350. The zero-order valence-corrected chi connectivity index (χ0v) is 26.0. The number of nitrogens with one attached hydrogen (secondary N) is 2. The first-order valence-electron chi connectivity index (χ1n) is 13.7. The van der Waals surface area contributed by atoms with E-state index in [0.717, 1.165) is 48.9 Å². The maximum absolute atomic E-state index is 13.0.